The minimum atomic E-state index is -0.295. The van der Waals surface area contributed by atoms with Crippen LogP contribution < -0.4 is 5.32 Å². The molecule has 3 rings (SSSR count). The second-order valence-corrected chi connectivity index (χ2v) is 8.73. The summed E-state index contributed by atoms with van der Waals surface area (Å²) in [4.78, 5) is 12.4. The maximum absolute atomic E-state index is 13.1. The molecule has 1 unspecified atom stereocenters. The van der Waals surface area contributed by atoms with E-state index in [4.69, 9.17) is 0 Å². The zero-order valence-electron chi connectivity index (χ0n) is 17.7. The van der Waals surface area contributed by atoms with Gasteiger partial charge in [-0.2, -0.15) is 0 Å². The Labute approximate surface area is 181 Å². The van der Waals surface area contributed by atoms with Gasteiger partial charge < -0.3 is 9.88 Å². The van der Waals surface area contributed by atoms with Gasteiger partial charge in [0.05, 0.1) is 11.8 Å². The predicted octanol–water partition coefficient (Wildman–Crippen LogP) is 4.79. The highest BCUT2D eigenvalue weighted by Crippen LogP contribution is 2.23. The number of hydrogen-bond donors (Lipinski definition) is 1. The Kier molecular flexibility index (Phi) is 7.26. The van der Waals surface area contributed by atoms with Gasteiger partial charge in [-0.3, -0.25) is 4.79 Å². The van der Waals surface area contributed by atoms with E-state index in [9.17, 15) is 9.18 Å². The van der Waals surface area contributed by atoms with E-state index in [1.54, 1.807) is 12.1 Å². The summed E-state index contributed by atoms with van der Waals surface area (Å²) in [6.07, 6.45) is 1.05. The number of thioether (sulfide) groups is 1. The van der Waals surface area contributed by atoms with Crippen LogP contribution in [0.5, 0.6) is 0 Å². The molecule has 3 aromatic rings. The van der Waals surface area contributed by atoms with Crippen LogP contribution in [0, 0.1) is 11.7 Å². The number of nitrogens with zero attached hydrogens (tertiary/aromatic N) is 3. The van der Waals surface area contributed by atoms with Crippen molar-refractivity contribution in [3.8, 4) is 11.4 Å². The van der Waals surface area contributed by atoms with E-state index < -0.39 is 0 Å². The summed E-state index contributed by atoms with van der Waals surface area (Å²) < 4.78 is 14.9. The van der Waals surface area contributed by atoms with Crippen LogP contribution in [0.3, 0.4) is 0 Å². The quantitative estimate of drug-likeness (QED) is 0.526. The van der Waals surface area contributed by atoms with Crippen LogP contribution in [0.15, 0.2) is 53.7 Å². The second kappa shape index (κ2) is 9.89. The number of hydrogen-bond acceptors (Lipinski definition) is 4. The first-order chi connectivity index (χ1) is 14.3. The van der Waals surface area contributed by atoms with Crippen molar-refractivity contribution < 1.29 is 9.18 Å². The lowest BCUT2D eigenvalue weighted by Crippen LogP contribution is -2.28. The Morgan fingerprint density at radius 3 is 2.37 bits per heavy atom. The molecule has 0 spiro atoms. The van der Waals surface area contributed by atoms with Gasteiger partial charge in [0.25, 0.3) is 0 Å². The molecule has 1 aromatic heterocycles. The number of carbonyl (C=O) groups is 1. The number of nitrogens with one attached hydrogen (secondary N) is 1. The van der Waals surface area contributed by atoms with E-state index in [1.165, 1.54) is 29.5 Å². The van der Waals surface area contributed by atoms with E-state index in [0.29, 0.717) is 16.9 Å². The fraction of sp³-hybridized carbons (Fsp3) is 0.348. The van der Waals surface area contributed by atoms with Crippen LogP contribution >= 0.6 is 11.8 Å². The van der Waals surface area contributed by atoms with Gasteiger partial charge >= 0.3 is 0 Å². The first-order valence-corrected chi connectivity index (χ1v) is 11.0. The van der Waals surface area contributed by atoms with Gasteiger partial charge in [-0.1, -0.05) is 49.9 Å². The fourth-order valence-corrected chi connectivity index (χ4v) is 3.92. The normalized spacial score (nSPS) is 12.2. The zero-order valence-corrected chi connectivity index (χ0v) is 18.5. The maximum atomic E-state index is 13.1. The molecule has 0 aliphatic heterocycles. The summed E-state index contributed by atoms with van der Waals surface area (Å²) in [5, 5.41) is 12.0. The first kappa shape index (κ1) is 22.0. The average Bonchev–Trinajstić information content (AvgIpc) is 3.07. The summed E-state index contributed by atoms with van der Waals surface area (Å²) in [6, 6.07) is 14.4. The lowest BCUT2D eigenvalue weighted by atomic mass is 10.00. The summed E-state index contributed by atoms with van der Waals surface area (Å²) >= 11 is 1.32. The fourth-order valence-electron chi connectivity index (χ4n) is 3.20. The molecule has 0 radical (unpaired) electrons. The molecular formula is C23H27FN4OS. The lowest BCUT2D eigenvalue weighted by molar-refractivity contribution is -0.119. The van der Waals surface area contributed by atoms with Crippen molar-refractivity contribution in [3.63, 3.8) is 0 Å². The van der Waals surface area contributed by atoms with E-state index in [-0.39, 0.29) is 23.5 Å². The van der Waals surface area contributed by atoms with Crippen LogP contribution in [0.2, 0.25) is 0 Å². The van der Waals surface area contributed by atoms with Crippen molar-refractivity contribution in [1.82, 2.24) is 20.1 Å². The second-order valence-electron chi connectivity index (χ2n) is 7.79. The monoisotopic (exact) mass is 426 g/mol. The smallest absolute Gasteiger partial charge is 0.230 e. The summed E-state index contributed by atoms with van der Waals surface area (Å²) in [7, 11) is 1.83. The SMILES string of the molecule is CC(C)Cc1ccc(C(C)NC(=O)CSc2nnc(-c3ccc(F)cc3)n2C)cc1. The minimum Gasteiger partial charge on any atom is -0.349 e. The minimum absolute atomic E-state index is 0.0647. The average molecular weight is 427 g/mol. The van der Waals surface area contributed by atoms with Crippen molar-refractivity contribution in [1.29, 1.82) is 0 Å². The highest BCUT2D eigenvalue weighted by Gasteiger charge is 2.15. The molecule has 1 heterocycles. The Bertz CT molecular complexity index is 983. The number of carbonyl (C=O) groups excluding carboxylic acids is 1. The van der Waals surface area contributed by atoms with Crippen molar-refractivity contribution in [3.05, 3.63) is 65.5 Å². The van der Waals surface area contributed by atoms with E-state index in [2.05, 4.69) is 53.6 Å². The molecule has 0 aliphatic rings. The molecule has 0 aliphatic carbocycles. The van der Waals surface area contributed by atoms with Crippen molar-refractivity contribution in [2.75, 3.05) is 5.75 Å². The number of aromatic nitrogens is 3. The lowest BCUT2D eigenvalue weighted by Gasteiger charge is -2.15. The third kappa shape index (κ3) is 5.69. The van der Waals surface area contributed by atoms with Crippen molar-refractivity contribution in [2.24, 2.45) is 13.0 Å². The first-order valence-electron chi connectivity index (χ1n) is 10.00. The molecule has 1 atom stereocenters. The van der Waals surface area contributed by atoms with Crippen molar-refractivity contribution >= 4 is 17.7 Å². The molecule has 0 fully saturated rings. The molecular weight excluding hydrogens is 399 g/mol. The van der Waals surface area contributed by atoms with Gasteiger partial charge in [0, 0.05) is 12.6 Å². The van der Waals surface area contributed by atoms with Gasteiger partial charge in [0.1, 0.15) is 5.82 Å². The molecule has 1 N–H and O–H groups in total. The van der Waals surface area contributed by atoms with Gasteiger partial charge in [-0.15, -0.1) is 10.2 Å². The van der Waals surface area contributed by atoms with Gasteiger partial charge in [0.15, 0.2) is 11.0 Å². The van der Waals surface area contributed by atoms with Crippen LogP contribution in [0.1, 0.15) is 37.9 Å². The van der Waals surface area contributed by atoms with Gasteiger partial charge in [-0.05, 0) is 54.7 Å². The maximum Gasteiger partial charge on any atom is 0.230 e. The summed E-state index contributed by atoms with van der Waals surface area (Å²) in [5.41, 5.74) is 3.16. The number of amides is 1. The number of rotatable bonds is 8. The number of halogens is 1. The summed E-state index contributed by atoms with van der Waals surface area (Å²) in [6.45, 7) is 6.39. The molecule has 158 valence electrons. The van der Waals surface area contributed by atoms with Crippen LogP contribution in [-0.4, -0.2) is 26.4 Å². The highest BCUT2D eigenvalue weighted by molar-refractivity contribution is 7.99. The Hall–Kier alpha value is -2.67. The Morgan fingerprint density at radius 1 is 1.07 bits per heavy atom. The topological polar surface area (TPSA) is 59.8 Å². The standard InChI is InChI=1S/C23H27FN4OS/c1-15(2)13-17-5-7-18(8-6-17)16(3)25-21(29)14-30-23-27-26-22(28(23)4)19-9-11-20(24)12-10-19/h5-12,15-16H,13-14H2,1-4H3,(H,25,29). The van der Waals surface area contributed by atoms with Gasteiger partial charge in [-0.25, -0.2) is 4.39 Å². The van der Waals surface area contributed by atoms with E-state index in [0.717, 1.165) is 17.5 Å². The largest absolute Gasteiger partial charge is 0.349 e. The van der Waals surface area contributed by atoms with E-state index in [1.807, 2.05) is 18.5 Å². The molecule has 2 aromatic carbocycles. The summed E-state index contributed by atoms with van der Waals surface area (Å²) in [5.74, 6) is 1.13. The zero-order chi connectivity index (χ0) is 21.7. The Balaban J connectivity index is 1.55. The third-order valence-corrected chi connectivity index (χ3v) is 5.79. The molecule has 5 nitrogen and oxygen atoms in total. The molecule has 0 saturated heterocycles. The van der Waals surface area contributed by atoms with E-state index >= 15 is 0 Å². The van der Waals surface area contributed by atoms with Crippen LogP contribution in [0.4, 0.5) is 4.39 Å². The molecule has 30 heavy (non-hydrogen) atoms. The molecule has 1 amide bonds. The van der Waals surface area contributed by atoms with Crippen LogP contribution in [0.25, 0.3) is 11.4 Å². The Morgan fingerprint density at radius 2 is 1.73 bits per heavy atom. The third-order valence-electron chi connectivity index (χ3n) is 4.77. The highest BCUT2D eigenvalue weighted by atomic mass is 32.2. The molecule has 0 bridgehead atoms. The van der Waals surface area contributed by atoms with Crippen molar-refractivity contribution in [2.45, 2.75) is 38.4 Å². The van der Waals surface area contributed by atoms with Crippen LogP contribution in [-0.2, 0) is 18.3 Å². The van der Waals surface area contributed by atoms with Gasteiger partial charge in [0.2, 0.25) is 5.91 Å². The predicted molar refractivity (Wildman–Crippen MR) is 119 cm³/mol. The molecule has 0 saturated carbocycles. The number of benzene rings is 2. The molecule has 7 heteroatoms.